The van der Waals surface area contributed by atoms with Crippen LogP contribution in [0.2, 0.25) is 0 Å². The maximum atomic E-state index is 12.7. The molecule has 0 amide bonds. The third-order valence-electron chi connectivity index (χ3n) is 15.6. The van der Waals surface area contributed by atoms with E-state index >= 15 is 0 Å². The number of methoxy groups -OCH3 is 1. The Morgan fingerprint density at radius 2 is 1.40 bits per heavy atom. The van der Waals surface area contributed by atoms with Gasteiger partial charge in [-0.25, -0.2) is 0 Å². The zero-order chi connectivity index (χ0) is 41.4. The van der Waals surface area contributed by atoms with Gasteiger partial charge in [-0.15, -0.1) is 0 Å². The standard InChI is InChI=1S/C40H66O17/c1-17-26(43)33(51-5)34(57-36-32(49)30(47)28(45)25(56-36)16-52-35-31(48)29(46)27(44)24(15-41)55-35)37(53-17)54-18(2)40(50)13-10-23-21-7-6-19-14-20(42)8-11-38(19,3)22(21)9-12-39(23,40)4/h6,17-18,20-37,41-50H,7-16H2,1-5H3/t17-,18+,20+,21-,22+,23+,24-,25-,26+,27-,28-,29+,30+,31-,32-,33+,34-,35-,36+,37+,38+,39+,40+/m1/s1. The molecule has 17 nitrogen and oxygen atoms in total. The molecule has 3 aliphatic heterocycles. The Labute approximate surface area is 333 Å². The van der Waals surface area contributed by atoms with Crippen LogP contribution in [0.15, 0.2) is 11.6 Å². The van der Waals surface area contributed by atoms with Crippen molar-refractivity contribution in [3.8, 4) is 0 Å². The van der Waals surface area contributed by atoms with Crippen molar-refractivity contribution in [1.29, 1.82) is 0 Å². The van der Waals surface area contributed by atoms with E-state index in [9.17, 15) is 51.1 Å². The van der Waals surface area contributed by atoms with Crippen LogP contribution in [-0.2, 0) is 33.2 Å². The van der Waals surface area contributed by atoms with Gasteiger partial charge < -0.3 is 84.2 Å². The zero-order valence-electron chi connectivity index (χ0n) is 33.5. The van der Waals surface area contributed by atoms with Crippen molar-refractivity contribution in [3.63, 3.8) is 0 Å². The molecule has 0 bridgehead atoms. The summed E-state index contributed by atoms with van der Waals surface area (Å²) in [7, 11) is 1.36. The summed E-state index contributed by atoms with van der Waals surface area (Å²) in [6, 6.07) is 0. The molecule has 10 N–H and O–H groups in total. The number of rotatable bonds is 10. The summed E-state index contributed by atoms with van der Waals surface area (Å²) in [6.07, 6.45) is -14.2. The summed E-state index contributed by atoms with van der Waals surface area (Å²) in [6.45, 7) is 6.72. The highest BCUT2D eigenvalue weighted by molar-refractivity contribution is 5.26. The molecule has 0 aromatic rings. The van der Waals surface area contributed by atoms with Crippen molar-refractivity contribution in [1.82, 2.24) is 0 Å². The van der Waals surface area contributed by atoms with E-state index < -0.39 is 122 Å². The molecule has 328 valence electrons. The minimum atomic E-state index is -1.82. The molecule has 23 atom stereocenters. The van der Waals surface area contributed by atoms with Crippen molar-refractivity contribution in [2.75, 3.05) is 20.3 Å². The highest BCUT2D eigenvalue weighted by Gasteiger charge is 2.66. The molecule has 3 heterocycles. The van der Waals surface area contributed by atoms with Crippen LogP contribution in [0.4, 0.5) is 0 Å². The van der Waals surface area contributed by atoms with Gasteiger partial charge >= 0.3 is 0 Å². The normalized spacial score (nSPS) is 54.6. The van der Waals surface area contributed by atoms with Crippen LogP contribution in [0.25, 0.3) is 0 Å². The van der Waals surface area contributed by atoms with E-state index in [1.807, 2.05) is 0 Å². The molecular formula is C40H66O17. The number of aliphatic hydroxyl groups is 10. The van der Waals surface area contributed by atoms with Gasteiger partial charge in [0.2, 0.25) is 0 Å². The predicted molar refractivity (Wildman–Crippen MR) is 196 cm³/mol. The van der Waals surface area contributed by atoms with Gasteiger partial charge in [-0.1, -0.05) is 25.5 Å². The van der Waals surface area contributed by atoms with E-state index in [4.69, 9.17) is 33.2 Å². The Kier molecular flexibility index (Phi) is 13.0. The SMILES string of the molecule is CO[C@H]1[C@@H](O)[C@@H](C)O[C@@H](O[C@@H](C)[C@@]2(O)CC[C@H]3[C@@H]4CC=C5C[C@@H](O)CC[C@]5(C)[C@H]4CC[C@@]32C)[C@@H]1O[C@@H]1O[C@H](CO[C@@H]2O[C@H](CO)[C@@H](O)[C@H](O)[C@H]2O)[C@@H](O)[C@H](O)[C@H]1O. The number of hydrogen-bond donors (Lipinski definition) is 10. The van der Waals surface area contributed by atoms with Crippen LogP contribution in [0.3, 0.4) is 0 Å². The molecule has 3 saturated heterocycles. The van der Waals surface area contributed by atoms with Gasteiger partial charge in [0.25, 0.3) is 0 Å². The molecular weight excluding hydrogens is 752 g/mol. The predicted octanol–water partition coefficient (Wildman–Crippen LogP) is -1.42. The van der Waals surface area contributed by atoms with Gasteiger partial charge in [0.05, 0.1) is 37.1 Å². The molecule has 0 aromatic heterocycles. The second-order valence-electron chi connectivity index (χ2n) is 18.4. The number of fused-ring (bicyclic) bond motifs is 5. The maximum absolute atomic E-state index is 12.7. The average Bonchev–Trinajstić information content (AvgIpc) is 3.47. The van der Waals surface area contributed by atoms with Crippen LogP contribution in [0, 0.1) is 28.6 Å². The Balaban J connectivity index is 1.07. The number of ether oxygens (including phenoxy) is 7. The first-order valence-corrected chi connectivity index (χ1v) is 20.8. The van der Waals surface area contributed by atoms with Crippen molar-refractivity contribution < 1.29 is 84.2 Å². The maximum Gasteiger partial charge on any atom is 0.187 e. The molecule has 7 aliphatic rings. The fourth-order valence-corrected chi connectivity index (χ4v) is 11.9. The van der Waals surface area contributed by atoms with Crippen molar-refractivity contribution in [2.45, 2.75) is 189 Å². The van der Waals surface area contributed by atoms with E-state index in [0.717, 1.165) is 44.9 Å². The summed E-state index contributed by atoms with van der Waals surface area (Å²) in [5.74, 6) is 1.09. The molecule has 7 rings (SSSR count). The van der Waals surface area contributed by atoms with Crippen LogP contribution in [-0.4, -0.2) is 181 Å². The summed E-state index contributed by atoms with van der Waals surface area (Å²) in [5, 5.41) is 107. The van der Waals surface area contributed by atoms with Crippen LogP contribution in [0.1, 0.15) is 79.1 Å². The fourth-order valence-electron chi connectivity index (χ4n) is 11.9. The van der Waals surface area contributed by atoms with Gasteiger partial charge in [-0.05, 0) is 88.4 Å². The zero-order valence-corrected chi connectivity index (χ0v) is 33.5. The molecule has 6 fully saturated rings. The lowest BCUT2D eigenvalue weighted by Crippen LogP contribution is -2.66. The molecule has 57 heavy (non-hydrogen) atoms. The number of hydrogen-bond acceptors (Lipinski definition) is 17. The second kappa shape index (κ2) is 16.7. The monoisotopic (exact) mass is 818 g/mol. The first-order chi connectivity index (χ1) is 26.9. The molecule has 0 aromatic carbocycles. The Hall–Kier alpha value is -0.940. The quantitative estimate of drug-likeness (QED) is 0.113. The summed E-state index contributed by atoms with van der Waals surface area (Å²) in [4.78, 5) is 0. The lowest BCUT2D eigenvalue weighted by molar-refractivity contribution is -0.380. The van der Waals surface area contributed by atoms with Crippen LogP contribution < -0.4 is 0 Å². The summed E-state index contributed by atoms with van der Waals surface area (Å²) in [5.41, 5.74) is -0.334. The molecule has 0 spiro atoms. The minimum absolute atomic E-state index is 0.0411. The van der Waals surface area contributed by atoms with E-state index in [1.165, 1.54) is 12.7 Å². The van der Waals surface area contributed by atoms with Gasteiger partial charge in [0, 0.05) is 12.5 Å². The summed E-state index contributed by atoms with van der Waals surface area (Å²) >= 11 is 0. The smallest absolute Gasteiger partial charge is 0.187 e. The highest BCUT2D eigenvalue weighted by atomic mass is 16.8. The molecule has 3 saturated carbocycles. The molecule has 17 heteroatoms. The van der Waals surface area contributed by atoms with Crippen molar-refractivity contribution >= 4 is 0 Å². The largest absolute Gasteiger partial charge is 0.394 e. The topological polar surface area (TPSA) is 267 Å². The molecule has 0 unspecified atom stereocenters. The van der Waals surface area contributed by atoms with Crippen LogP contribution >= 0.6 is 0 Å². The van der Waals surface area contributed by atoms with E-state index in [0.29, 0.717) is 18.3 Å². The Morgan fingerprint density at radius 3 is 2.09 bits per heavy atom. The van der Waals surface area contributed by atoms with Gasteiger partial charge in [0.1, 0.15) is 67.1 Å². The van der Waals surface area contributed by atoms with Crippen LogP contribution in [0.5, 0.6) is 0 Å². The van der Waals surface area contributed by atoms with E-state index in [2.05, 4.69) is 19.9 Å². The van der Waals surface area contributed by atoms with E-state index in [-0.39, 0.29) is 17.4 Å². The first kappa shape index (κ1) is 44.1. The number of allylic oxidation sites excluding steroid dienone is 1. The third-order valence-corrected chi connectivity index (χ3v) is 15.6. The molecule has 0 radical (unpaired) electrons. The van der Waals surface area contributed by atoms with Gasteiger partial charge in [-0.2, -0.15) is 0 Å². The van der Waals surface area contributed by atoms with Crippen molar-refractivity contribution in [3.05, 3.63) is 11.6 Å². The third kappa shape index (κ3) is 7.47. The summed E-state index contributed by atoms with van der Waals surface area (Å²) < 4.78 is 41.6. The van der Waals surface area contributed by atoms with Crippen molar-refractivity contribution in [2.24, 2.45) is 28.6 Å². The van der Waals surface area contributed by atoms with Gasteiger partial charge in [0.15, 0.2) is 18.9 Å². The lowest BCUT2D eigenvalue weighted by atomic mass is 9.46. The molecule has 4 aliphatic carbocycles. The fraction of sp³-hybridized carbons (Fsp3) is 0.950. The van der Waals surface area contributed by atoms with E-state index in [1.54, 1.807) is 13.8 Å². The average molecular weight is 819 g/mol. The number of aliphatic hydroxyl groups excluding tert-OH is 9. The van der Waals surface area contributed by atoms with Gasteiger partial charge in [-0.3, -0.25) is 0 Å². The Bertz CT molecular complexity index is 1420. The highest BCUT2D eigenvalue weighted by Crippen LogP contribution is 2.68. The Morgan fingerprint density at radius 1 is 0.754 bits per heavy atom. The first-order valence-electron chi connectivity index (χ1n) is 20.8. The minimum Gasteiger partial charge on any atom is -0.394 e. The second-order valence-corrected chi connectivity index (χ2v) is 18.4. The lowest BCUT2D eigenvalue weighted by Gasteiger charge is -2.59.